The first-order valence-electron chi connectivity index (χ1n) is 3.95. The Hall–Kier alpha value is -1.82. The summed E-state index contributed by atoms with van der Waals surface area (Å²) in [6.45, 7) is 0. The van der Waals surface area contributed by atoms with Gasteiger partial charge in [-0.3, -0.25) is 0 Å². The molecule has 3 N–H and O–H groups in total. The Morgan fingerprint density at radius 2 is 2.13 bits per heavy atom. The van der Waals surface area contributed by atoms with E-state index in [1.54, 1.807) is 0 Å². The number of ether oxygens (including phenoxy) is 1. The third-order valence-electron chi connectivity index (χ3n) is 1.86. The molecule has 0 bridgehead atoms. The number of benzene rings is 1. The summed E-state index contributed by atoms with van der Waals surface area (Å²) in [4.78, 5) is 10.4. The predicted octanol–water partition coefficient (Wildman–Crippen LogP) is 0.658. The number of halogens is 1. The van der Waals surface area contributed by atoms with Crippen LogP contribution < -0.4 is 4.74 Å². The zero-order valence-electron chi connectivity index (χ0n) is 7.77. The van der Waals surface area contributed by atoms with Crippen molar-refractivity contribution in [3.05, 3.63) is 23.5 Å². The minimum atomic E-state index is -1.97. The van der Waals surface area contributed by atoms with E-state index in [0.717, 1.165) is 12.1 Å². The fourth-order valence-corrected chi connectivity index (χ4v) is 1.07. The van der Waals surface area contributed by atoms with Crippen molar-refractivity contribution in [2.45, 2.75) is 6.10 Å². The van der Waals surface area contributed by atoms with Crippen molar-refractivity contribution in [1.29, 1.82) is 0 Å². The number of phenolic OH excluding ortho intramolecular Hbond substituents is 1. The number of aliphatic hydroxyl groups excluding tert-OH is 1. The van der Waals surface area contributed by atoms with Crippen LogP contribution >= 0.6 is 0 Å². The molecule has 6 heteroatoms. The van der Waals surface area contributed by atoms with E-state index in [9.17, 15) is 14.3 Å². The molecule has 0 radical (unpaired) electrons. The minimum absolute atomic E-state index is 0.228. The number of hydrogen-bond donors (Lipinski definition) is 3. The molecule has 5 nitrogen and oxygen atoms in total. The van der Waals surface area contributed by atoms with Crippen LogP contribution in [0.3, 0.4) is 0 Å². The number of methoxy groups -OCH3 is 1. The zero-order valence-corrected chi connectivity index (χ0v) is 7.77. The number of carboxylic acid groups (broad SMARTS) is 1. The molecule has 0 aromatic heterocycles. The van der Waals surface area contributed by atoms with E-state index in [1.807, 2.05) is 0 Å². The molecule has 0 saturated heterocycles. The van der Waals surface area contributed by atoms with Crippen molar-refractivity contribution in [1.82, 2.24) is 0 Å². The molecule has 1 aromatic rings. The number of aliphatic carboxylic acids is 1. The lowest BCUT2D eigenvalue weighted by molar-refractivity contribution is -0.147. The Kier molecular flexibility index (Phi) is 3.11. The lowest BCUT2D eigenvalue weighted by Crippen LogP contribution is -2.11. The molecule has 1 unspecified atom stereocenters. The molecule has 0 amide bonds. The van der Waals surface area contributed by atoms with E-state index in [0.29, 0.717) is 0 Å². The third kappa shape index (κ3) is 1.99. The van der Waals surface area contributed by atoms with E-state index in [-0.39, 0.29) is 5.75 Å². The molecule has 0 spiro atoms. The van der Waals surface area contributed by atoms with Gasteiger partial charge >= 0.3 is 5.97 Å². The lowest BCUT2D eigenvalue weighted by atomic mass is 10.1. The number of hydrogen-bond acceptors (Lipinski definition) is 4. The van der Waals surface area contributed by atoms with Crippen LogP contribution in [0.15, 0.2) is 12.1 Å². The first-order chi connectivity index (χ1) is 6.99. The molecule has 82 valence electrons. The quantitative estimate of drug-likeness (QED) is 0.690. The average Bonchev–Trinajstić information content (AvgIpc) is 2.21. The molecule has 0 aliphatic heterocycles. The van der Waals surface area contributed by atoms with Crippen LogP contribution in [0.2, 0.25) is 0 Å². The summed E-state index contributed by atoms with van der Waals surface area (Å²) in [6, 6.07) is 2.20. The zero-order chi connectivity index (χ0) is 11.6. The number of carboxylic acids is 1. The largest absolute Gasteiger partial charge is 0.504 e. The number of aliphatic hydroxyl groups is 1. The molecular weight excluding hydrogens is 207 g/mol. The molecule has 0 heterocycles. The number of carbonyl (C=O) groups is 1. The topological polar surface area (TPSA) is 87.0 Å². The Labute approximate surface area is 84.3 Å². The Morgan fingerprint density at radius 1 is 1.53 bits per heavy atom. The molecule has 15 heavy (non-hydrogen) atoms. The second-order valence-corrected chi connectivity index (χ2v) is 2.76. The highest BCUT2D eigenvalue weighted by atomic mass is 19.1. The van der Waals surface area contributed by atoms with Gasteiger partial charge in [0, 0.05) is 5.56 Å². The normalized spacial score (nSPS) is 12.2. The van der Waals surface area contributed by atoms with Crippen LogP contribution in [-0.2, 0) is 4.79 Å². The third-order valence-corrected chi connectivity index (χ3v) is 1.86. The summed E-state index contributed by atoms with van der Waals surface area (Å²) in [7, 11) is 1.20. The Bertz CT molecular complexity index is 390. The summed E-state index contributed by atoms with van der Waals surface area (Å²) in [5, 5.41) is 26.8. The van der Waals surface area contributed by atoms with Gasteiger partial charge in [0.05, 0.1) is 7.11 Å². The van der Waals surface area contributed by atoms with Crippen LogP contribution in [-0.4, -0.2) is 28.4 Å². The highest BCUT2D eigenvalue weighted by molar-refractivity contribution is 5.75. The van der Waals surface area contributed by atoms with Gasteiger partial charge < -0.3 is 20.1 Å². The molecule has 0 aliphatic rings. The monoisotopic (exact) mass is 216 g/mol. The van der Waals surface area contributed by atoms with Crippen molar-refractivity contribution >= 4 is 5.97 Å². The van der Waals surface area contributed by atoms with E-state index in [2.05, 4.69) is 4.74 Å². The second kappa shape index (κ2) is 4.14. The first-order valence-corrected chi connectivity index (χ1v) is 3.95. The maximum atomic E-state index is 13.2. The highest BCUT2D eigenvalue weighted by Gasteiger charge is 2.23. The van der Waals surface area contributed by atoms with Gasteiger partial charge in [-0.05, 0) is 12.1 Å². The fraction of sp³-hybridized carbons (Fsp3) is 0.222. The van der Waals surface area contributed by atoms with Gasteiger partial charge in [0.2, 0.25) is 5.82 Å². The van der Waals surface area contributed by atoms with Crippen molar-refractivity contribution in [3.63, 3.8) is 0 Å². The standard InChI is InChI=1S/C9H9FO5/c1-15-5-3-2-4(7(11)6(5)10)8(12)9(13)14/h2-3,8,11-12H,1H3,(H,13,14). The Balaban J connectivity index is 3.23. The van der Waals surface area contributed by atoms with Gasteiger partial charge in [-0.1, -0.05) is 0 Å². The highest BCUT2D eigenvalue weighted by Crippen LogP contribution is 2.32. The van der Waals surface area contributed by atoms with Crippen LogP contribution in [0.4, 0.5) is 4.39 Å². The summed E-state index contributed by atoms with van der Waals surface area (Å²) < 4.78 is 17.8. The number of aromatic hydroxyl groups is 1. The average molecular weight is 216 g/mol. The minimum Gasteiger partial charge on any atom is -0.504 e. The summed E-state index contributed by atoms with van der Waals surface area (Å²) in [5.74, 6) is -3.83. The number of rotatable bonds is 3. The van der Waals surface area contributed by atoms with E-state index in [4.69, 9.17) is 10.2 Å². The summed E-state index contributed by atoms with van der Waals surface area (Å²) >= 11 is 0. The van der Waals surface area contributed by atoms with Gasteiger partial charge in [-0.15, -0.1) is 0 Å². The van der Waals surface area contributed by atoms with Gasteiger partial charge in [0.25, 0.3) is 0 Å². The van der Waals surface area contributed by atoms with Crippen LogP contribution in [0.1, 0.15) is 11.7 Å². The lowest BCUT2D eigenvalue weighted by Gasteiger charge is -2.10. The van der Waals surface area contributed by atoms with Crippen molar-refractivity contribution < 1.29 is 29.2 Å². The van der Waals surface area contributed by atoms with Crippen LogP contribution in [0.25, 0.3) is 0 Å². The van der Waals surface area contributed by atoms with Crippen LogP contribution in [0.5, 0.6) is 11.5 Å². The number of phenols is 1. The second-order valence-electron chi connectivity index (χ2n) is 2.76. The van der Waals surface area contributed by atoms with Crippen molar-refractivity contribution in [2.75, 3.05) is 7.11 Å². The SMILES string of the molecule is COc1ccc(C(O)C(=O)O)c(O)c1F. The fourth-order valence-electron chi connectivity index (χ4n) is 1.07. The Morgan fingerprint density at radius 3 is 2.60 bits per heavy atom. The summed E-state index contributed by atoms with van der Waals surface area (Å²) in [6.07, 6.45) is -1.97. The van der Waals surface area contributed by atoms with Gasteiger partial charge in [0.15, 0.2) is 17.6 Å². The van der Waals surface area contributed by atoms with Gasteiger partial charge in [0.1, 0.15) is 0 Å². The maximum absolute atomic E-state index is 13.2. The van der Waals surface area contributed by atoms with Gasteiger partial charge in [-0.2, -0.15) is 4.39 Å². The molecule has 1 atom stereocenters. The van der Waals surface area contributed by atoms with E-state index >= 15 is 0 Å². The molecule has 1 aromatic carbocycles. The van der Waals surface area contributed by atoms with Crippen molar-refractivity contribution in [2.24, 2.45) is 0 Å². The van der Waals surface area contributed by atoms with E-state index in [1.165, 1.54) is 7.11 Å². The summed E-state index contributed by atoms with van der Waals surface area (Å²) in [5.41, 5.74) is -0.416. The maximum Gasteiger partial charge on any atom is 0.337 e. The van der Waals surface area contributed by atoms with E-state index < -0.39 is 29.2 Å². The molecule has 1 rings (SSSR count). The smallest absolute Gasteiger partial charge is 0.337 e. The van der Waals surface area contributed by atoms with Crippen LogP contribution in [0, 0.1) is 5.82 Å². The van der Waals surface area contributed by atoms with Crippen molar-refractivity contribution in [3.8, 4) is 11.5 Å². The predicted molar refractivity (Wildman–Crippen MR) is 47.2 cm³/mol. The molecule has 0 saturated carbocycles. The molecule has 0 aliphatic carbocycles. The molecule has 0 fully saturated rings. The van der Waals surface area contributed by atoms with Gasteiger partial charge in [-0.25, -0.2) is 4.79 Å². The molecular formula is C9H9FO5. The first kappa shape index (κ1) is 11.3.